The van der Waals surface area contributed by atoms with Crippen molar-refractivity contribution in [2.75, 3.05) is 45.3 Å². The van der Waals surface area contributed by atoms with Crippen LogP contribution in [0.3, 0.4) is 0 Å². The third-order valence-corrected chi connectivity index (χ3v) is 5.97. The van der Waals surface area contributed by atoms with Crippen LogP contribution in [0.1, 0.15) is 37.3 Å². The average Bonchev–Trinajstić information content (AvgIpc) is 3.30. The Morgan fingerprint density at radius 1 is 0.871 bits per heavy atom. The summed E-state index contributed by atoms with van der Waals surface area (Å²) in [6, 6.07) is 16.9. The molecule has 2 heterocycles. The number of methoxy groups -OCH3 is 2. The van der Waals surface area contributed by atoms with Gasteiger partial charge in [0.1, 0.15) is 11.5 Å². The molecule has 31 heavy (non-hydrogen) atoms. The number of aromatic nitrogens is 4. The smallest absolute Gasteiger partial charge is 0.214 e. The summed E-state index contributed by atoms with van der Waals surface area (Å²) in [4.78, 5) is 3.89. The first-order valence-corrected chi connectivity index (χ1v) is 10.8. The third-order valence-electron chi connectivity index (χ3n) is 5.97. The normalized spacial score (nSPS) is 15.8. The van der Waals surface area contributed by atoms with E-state index in [1.165, 1.54) is 16.2 Å². The van der Waals surface area contributed by atoms with Crippen molar-refractivity contribution in [3.8, 4) is 11.5 Å². The van der Waals surface area contributed by atoms with Crippen LogP contribution in [-0.2, 0) is 0 Å². The summed E-state index contributed by atoms with van der Waals surface area (Å²) >= 11 is 0. The lowest BCUT2D eigenvalue weighted by Crippen LogP contribution is -3.15. The molecule has 8 nitrogen and oxygen atoms in total. The van der Waals surface area contributed by atoms with Crippen LogP contribution in [0.15, 0.2) is 48.5 Å². The molecule has 0 amide bonds. The molecule has 0 saturated carbocycles. The van der Waals surface area contributed by atoms with Gasteiger partial charge in [-0.15, -0.1) is 5.10 Å². The molecule has 164 valence electrons. The first-order chi connectivity index (χ1) is 15.1. The Hall–Kier alpha value is -3.13. The molecule has 1 aliphatic rings. The predicted molar refractivity (Wildman–Crippen MR) is 119 cm³/mol. The lowest BCUT2D eigenvalue weighted by Gasteiger charge is -2.37. The lowest BCUT2D eigenvalue weighted by atomic mass is 10.0. The Kier molecular flexibility index (Phi) is 6.36. The van der Waals surface area contributed by atoms with Crippen LogP contribution in [0.2, 0.25) is 0 Å². The Balaban J connectivity index is 1.57. The minimum absolute atomic E-state index is 0.0707. The van der Waals surface area contributed by atoms with Crippen LogP contribution in [0.25, 0.3) is 0 Å². The van der Waals surface area contributed by atoms with Gasteiger partial charge < -0.3 is 19.3 Å². The number of hydrogen-bond donors (Lipinski definition) is 1. The fraction of sp³-hybridized carbons (Fsp3) is 0.435. The molecule has 0 bridgehead atoms. The third kappa shape index (κ3) is 4.49. The van der Waals surface area contributed by atoms with Crippen molar-refractivity contribution in [2.45, 2.75) is 25.9 Å². The molecule has 2 aromatic carbocycles. The molecule has 4 rings (SSSR count). The number of tetrazole rings is 1. The highest BCUT2D eigenvalue weighted by Gasteiger charge is 2.34. The fourth-order valence-corrected chi connectivity index (χ4v) is 4.26. The zero-order chi connectivity index (χ0) is 21.8. The van der Waals surface area contributed by atoms with E-state index in [4.69, 9.17) is 9.47 Å². The maximum absolute atomic E-state index is 5.36. The first kappa shape index (κ1) is 21.1. The molecule has 1 atom stereocenters. The Morgan fingerprint density at radius 2 is 1.45 bits per heavy atom. The lowest BCUT2D eigenvalue weighted by molar-refractivity contribution is -0.927. The van der Waals surface area contributed by atoms with E-state index < -0.39 is 0 Å². The summed E-state index contributed by atoms with van der Waals surface area (Å²) in [7, 11) is 3.39. The van der Waals surface area contributed by atoms with Crippen LogP contribution in [0, 0.1) is 0 Å². The van der Waals surface area contributed by atoms with Gasteiger partial charge in [-0.25, -0.2) is 4.68 Å². The van der Waals surface area contributed by atoms with Gasteiger partial charge in [-0.05, 0) is 72.8 Å². The van der Waals surface area contributed by atoms with E-state index in [2.05, 4.69) is 58.5 Å². The first-order valence-electron chi connectivity index (χ1n) is 10.8. The molecule has 0 radical (unpaired) electrons. The van der Waals surface area contributed by atoms with Crippen molar-refractivity contribution in [1.29, 1.82) is 0 Å². The molecule has 0 spiro atoms. The van der Waals surface area contributed by atoms with Crippen molar-refractivity contribution >= 4 is 5.69 Å². The summed E-state index contributed by atoms with van der Waals surface area (Å²) < 4.78 is 12.6. The minimum atomic E-state index is 0.0707. The number of anilines is 1. The van der Waals surface area contributed by atoms with E-state index >= 15 is 0 Å². The highest BCUT2D eigenvalue weighted by molar-refractivity contribution is 5.49. The van der Waals surface area contributed by atoms with E-state index in [1.807, 2.05) is 28.9 Å². The molecular weight excluding hydrogens is 392 g/mol. The molecule has 1 fully saturated rings. The van der Waals surface area contributed by atoms with Gasteiger partial charge in [0.05, 0.1) is 46.4 Å². The molecular formula is C23H31N6O2+. The molecule has 1 N–H and O–H groups in total. The molecule has 0 unspecified atom stereocenters. The summed E-state index contributed by atoms with van der Waals surface area (Å²) in [6.07, 6.45) is 0. The Morgan fingerprint density at radius 3 is 2.00 bits per heavy atom. The quantitative estimate of drug-likeness (QED) is 0.625. The highest BCUT2D eigenvalue weighted by atomic mass is 16.5. The van der Waals surface area contributed by atoms with Gasteiger partial charge in [0.25, 0.3) is 0 Å². The molecule has 1 saturated heterocycles. The van der Waals surface area contributed by atoms with E-state index in [1.54, 1.807) is 14.2 Å². The second kappa shape index (κ2) is 9.34. The van der Waals surface area contributed by atoms with E-state index in [0.717, 1.165) is 43.5 Å². The maximum Gasteiger partial charge on any atom is 0.214 e. The van der Waals surface area contributed by atoms with Crippen LogP contribution >= 0.6 is 0 Å². The SMILES string of the molecule is COc1ccc([C@@H](c2nnnn2C(C)C)[NH+]2CCN(c3ccc(OC)cc3)CC2)cc1. The zero-order valence-electron chi connectivity index (χ0n) is 18.7. The van der Waals surface area contributed by atoms with E-state index in [9.17, 15) is 0 Å². The standard InChI is InChI=1S/C23H30N6O2/c1-17(2)29-23(24-25-26-29)22(18-5-9-20(30-3)10-6-18)28-15-13-27(14-16-28)19-7-11-21(31-4)12-8-19/h5-12,17,22H,13-16H2,1-4H3/p+1/t22-/m0/s1. The van der Waals surface area contributed by atoms with Gasteiger partial charge in [0.2, 0.25) is 5.82 Å². The predicted octanol–water partition coefficient (Wildman–Crippen LogP) is 1.77. The van der Waals surface area contributed by atoms with Gasteiger partial charge in [-0.2, -0.15) is 0 Å². The highest BCUT2D eigenvalue weighted by Crippen LogP contribution is 2.23. The summed E-state index contributed by atoms with van der Waals surface area (Å²) in [5, 5.41) is 12.7. The fourth-order valence-electron chi connectivity index (χ4n) is 4.26. The van der Waals surface area contributed by atoms with Crippen LogP contribution in [0.4, 0.5) is 5.69 Å². The molecule has 3 aromatic rings. The maximum atomic E-state index is 5.36. The minimum Gasteiger partial charge on any atom is -0.497 e. The number of rotatable bonds is 7. The molecule has 0 aliphatic carbocycles. The summed E-state index contributed by atoms with van der Waals surface area (Å²) in [5.74, 6) is 2.64. The topological polar surface area (TPSA) is 69.7 Å². The van der Waals surface area contributed by atoms with Crippen molar-refractivity contribution < 1.29 is 14.4 Å². The summed E-state index contributed by atoms with van der Waals surface area (Å²) in [6.45, 7) is 8.15. The average molecular weight is 424 g/mol. The molecule has 8 heteroatoms. The van der Waals surface area contributed by atoms with Crippen molar-refractivity contribution in [2.24, 2.45) is 0 Å². The van der Waals surface area contributed by atoms with Crippen LogP contribution < -0.4 is 19.3 Å². The molecule has 1 aliphatic heterocycles. The van der Waals surface area contributed by atoms with Crippen LogP contribution in [0.5, 0.6) is 11.5 Å². The zero-order valence-corrected chi connectivity index (χ0v) is 18.7. The van der Waals surface area contributed by atoms with Gasteiger partial charge in [0.15, 0.2) is 6.04 Å². The second-order valence-electron chi connectivity index (χ2n) is 8.12. The van der Waals surface area contributed by atoms with Crippen molar-refractivity contribution in [1.82, 2.24) is 20.2 Å². The number of nitrogens with one attached hydrogen (secondary N) is 1. The number of hydrogen-bond acceptors (Lipinski definition) is 6. The monoisotopic (exact) mass is 423 g/mol. The number of ether oxygens (including phenoxy) is 2. The number of benzene rings is 2. The number of nitrogens with zero attached hydrogens (tertiary/aromatic N) is 5. The van der Waals surface area contributed by atoms with Gasteiger partial charge >= 0.3 is 0 Å². The number of quaternary nitrogens is 1. The largest absolute Gasteiger partial charge is 0.497 e. The van der Waals surface area contributed by atoms with Crippen LogP contribution in [-0.4, -0.2) is 60.6 Å². The van der Waals surface area contributed by atoms with E-state index in [-0.39, 0.29) is 12.1 Å². The Labute approximate surface area is 183 Å². The van der Waals surface area contributed by atoms with Crippen molar-refractivity contribution in [3.63, 3.8) is 0 Å². The molecule has 1 aromatic heterocycles. The second-order valence-corrected chi connectivity index (χ2v) is 8.12. The van der Waals surface area contributed by atoms with E-state index in [0.29, 0.717) is 0 Å². The van der Waals surface area contributed by atoms with Gasteiger partial charge in [-0.3, -0.25) is 0 Å². The summed E-state index contributed by atoms with van der Waals surface area (Å²) in [5.41, 5.74) is 2.43. The Bertz CT molecular complexity index is 962. The van der Waals surface area contributed by atoms with Gasteiger partial charge in [-0.1, -0.05) is 0 Å². The van der Waals surface area contributed by atoms with Crippen molar-refractivity contribution in [3.05, 3.63) is 59.9 Å². The van der Waals surface area contributed by atoms with Gasteiger partial charge in [0, 0.05) is 11.3 Å². The number of piperazine rings is 1.